The quantitative estimate of drug-likeness (QED) is 0.0261. The van der Waals surface area contributed by atoms with Gasteiger partial charge in [-0.15, -0.1) is 0 Å². The third-order valence-corrected chi connectivity index (χ3v) is 12.8. The Morgan fingerprint density at radius 1 is 0.292 bits per heavy atom. The monoisotopic (exact) mass is 1000 g/mol. The van der Waals surface area contributed by atoms with Gasteiger partial charge in [-0.25, -0.2) is 0 Å². The molecule has 0 aliphatic heterocycles. The van der Waals surface area contributed by atoms with Gasteiger partial charge < -0.3 is 14.2 Å². The van der Waals surface area contributed by atoms with Crippen LogP contribution in [0.5, 0.6) is 0 Å². The summed E-state index contributed by atoms with van der Waals surface area (Å²) in [4.78, 5) is 38.2. The molecule has 0 N–H and O–H groups in total. The molecule has 6 nitrogen and oxygen atoms in total. The second-order valence-corrected chi connectivity index (χ2v) is 19.9. The summed E-state index contributed by atoms with van der Waals surface area (Å²) in [6, 6.07) is 0. The Kier molecular flexibility index (Phi) is 56.8. The Balaban J connectivity index is 4.32. The zero-order valence-corrected chi connectivity index (χ0v) is 47.2. The summed E-state index contributed by atoms with van der Waals surface area (Å²) in [5.41, 5.74) is 0. The van der Waals surface area contributed by atoms with Gasteiger partial charge in [-0.1, -0.05) is 246 Å². The number of esters is 3. The first-order chi connectivity index (χ1) is 35.5. The third kappa shape index (κ3) is 57.2. The molecule has 0 bridgehead atoms. The standard InChI is InChI=1S/C66H112O6/c1-4-7-10-13-16-19-22-25-27-29-30-31-32-33-34-35-36-37-39-41-44-47-50-53-56-59-65(68)71-62-63(61-70-64(67)58-55-52-49-46-43-40-24-21-18-15-12-9-6-3)72-66(69)60-57-54-51-48-45-42-38-28-26-23-20-17-14-11-8-5-2/h7,10,12,15-16,19-21,23-25,27-28,30-31,38,63H,4-6,8-9,11,13-14,17-18,22,26,29,32-37,39-62H2,1-3H3/b10-7-,15-12-,19-16-,23-20-,24-21-,27-25-,31-30-,38-28-. The fourth-order valence-electron chi connectivity index (χ4n) is 8.27. The van der Waals surface area contributed by atoms with E-state index in [1.54, 1.807) is 0 Å². The van der Waals surface area contributed by atoms with E-state index in [-0.39, 0.29) is 31.1 Å². The van der Waals surface area contributed by atoms with Crippen molar-refractivity contribution < 1.29 is 28.6 Å². The van der Waals surface area contributed by atoms with Gasteiger partial charge in [-0.2, -0.15) is 0 Å². The van der Waals surface area contributed by atoms with Gasteiger partial charge in [0.05, 0.1) is 0 Å². The molecule has 0 aliphatic carbocycles. The molecule has 1 unspecified atom stereocenters. The SMILES string of the molecule is CC/C=C\C/C=C\C/C=C\C/C=C\CCCCCCCCCCCCCCC(=O)OCC(COC(=O)CCCCCCC/C=C\C/C=C\CCC)OC(=O)CCCCCCC/C=C\C/C=C\CCCCCC. The highest BCUT2D eigenvalue weighted by Crippen LogP contribution is 2.15. The topological polar surface area (TPSA) is 78.9 Å². The van der Waals surface area contributed by atoms with Crippen LogP contribution in [0.1, 0.15) is 284 Å². The number of hydrogen-bond donors (Lipinski definition) is 0. The molecular formula is C66H112O6. The molecule has 6 heteroatoms. The zero-order chi connectivity index (χ0) is 52.2. The fraction of sp³-hybridized carbons (Fsp3) is 0.712. The van der Waals surface area contributed by atoms with Crippen molar-refractivity contribution in [3.63, 3.8) is 0 Å². The van der Waals surface area contributed by atoms with Crippen LogP contribution in [0.3, 0.4) is 0 Å². The van der Waals surface area contributed by atoms with Crippen molar-refractivity contribution in [2.45, 2.75) is 290 Å². The van der Waals surface area contributed by atoms with Crippen LogP contribution in [0, 0.1) is 0 Å². The summed E-state index contributed by atoms with van der Waals surface area (Å²) in [5, 5.41) is 0. The highest BCUT2D eigenvalue weighted by Gasteiger charge is 2.19. The molecule has 0 aromatic rings. The molecule has 0 rings (SSSR count). The molecule has 412 valence electrons. The molecule has 0 aliphatic rings. The van der Waals surface area contributed by atoms with Gasteiger partial charge in [0.2, 0.25) is 0 Å². The first kappa shape index (κ1) is 68.3. The number of ether oxygens (including phenoxy) is 3. The van der Waals surface area contributed by atoms with Crippen LogP contribution in [0.2, 0.25) is 0 Å². The fourth-order valence-corrected chi connectivity index (χ4v) is 8.27. The molecule has 72 heavy (non-hydrogen) atoms. The van der Waals surface area contributed by atoms with Crippen LogP contribution < -0.4 is 0 Å². The van der Waals surface area contributed by atoms with E-state index in [1.807, 2.05) is 0 Å². The maximum absolute atomic E-state index is 12.9. The summed E-state index contributed by atoms with van der Waals surface area (Å²) in [5.74, 6) is -0.913. The Labute approximate surface area is 445 Å². The molecule has 1 atom stereocenters. The lowest BCUT2D eigenvalue weighted by molar-refractivity contribution is -0.167. The van der Waals surface area contributed by atoms with Crippen LogP contribution in [-0.2, 0) is 28.6 Å². The van der Waals surface area contributed by atoms with Crippen LogP contribution in [0.15, 0.2) is 97.2 Å². The van der Waals surface area contributed by atoms with Crippen molar-refractivity contribution in [1.29, 1.82) is 0 Å². The highest BCUT2D eigenvalue weighted by molar-refractivity contribution is 5.71. The Hall–Kier alpha value is -3.67. The summed E-state index contributed by atoms with van der Waals surface area (Å²) in [6.45, 7) is 6.43. The molecule has 0 aromatic carbocycles. The number of rotatable bonds is 54. The van der Waals surface area contributed by atoms with E-state index in [4.69, 9.17) is 14.2 Å². The minimum Gasteiger partial charge on any atom is -0.462 e. The zero-order valence-electron chi connectivity index (χ0n) is 47.2. The minimum atomic E-state index is -0.792. The van der Waals surface area contributed by atoms with Crippen molar-refractivity contribution in [2.75, 3.05) is 13.2 Å². The van der Waals surface area contributed by atoms with Gasteiger partial charge in [0, 0.05) is 19.3 Å². The van der Waals surface area contributed by atoms with Gasteiger partial charge in [0.15, 0.2) is 6.10 Å². The predicted octanol–water partition coefficient (Wildman–Crippen LogP) is 20.5. The average molecular weight is 1000 g/mol. The Morgan fingerprint density at radius 3 is 0.903 bits per heavy atom. The summed E-state index contributed by atoms with van der Waals surface area (Å²) in [7, 11) is 0. The maximum Gasteiger partial charge on any atom is 0.306 e. The lowest BCUT2D eigenvalue weighted by atomic mass is 10.0. The average Bonchev–Trinajstić information content (AvgIpc) is 3.38. The number of hydrogen-bond acceptors (Lipinski definition) is 6. The van der Waals surface area contributed by atoms with Gasteiger partial charge in [-0.05, 0) is 116 Å². The van der Waals surface area contributed by atoms with E-state index in [2.05, 4.69) is 118 Å². The van der Waals surface area contributed by atoms with E-state index < -0.39 is 6.10 Å². The van der Waals surface area contributed by atoms with Gasteiger partial charge in [0.25, 0.3) is 0 Å². The summed E-state index contributed by atoms with van der Waals surface area (Å²) >= 11 is 0. The molecule has 0 heterocycles. The number of unbranched alkanes of at least 4 members (excludes halogenated alkanes) is 27. The van der Waals surface area contributed by atoms with E-state index in [1.165, 1.54) is 103 Å². The maximum atomic E-state index is 12.9. The van der Waals surface area contributed by atoms with E-state index in [0.717, 1.165) is 141 Å². The smallest absolute Gasteiger partial charge is 0.306 e. The van der Waals surface area contributed by atoms with E-state index in [9.17, 15) is 14.4 Å². The Bertz CT molecular complexity index is 1430. The van der Waals surface area contributed by atoms with E-state index >= 15 is 0 Å². The normalized spacial score (nSPS) is 12.8. The highest BCUT2D eigenvalue weighted by atomic mass is 16.6. The van der Waals surface area contributed by atoms with Crippen LogP contribution in [-0.4, -0.2) is 37.2 Å². The van der Waals surface area contributed by atoms with Crippen molar-refractivity contribution >= 4 is 17.9 Å². The largest absolute Gasteiger partial charge is 0.462 e. The lowest BCUT2D eigenvalue weighted by Gasteiger charge is -2.18. The van der Waals surface area contributed by atoms with Crippen LogP contribution >= 0.6 is 0 Å². The minimum absolute atomic E-state index is 0.0884. The van der Waals surface area contributed by atoms with Gasteiger partial charge >= 0.3 is 17.9 Å². The Morgan fingerprint density at radius 2 is 0.569 bits per heavy atom. The number of carbonyl (C=O) groups excluding carboxylic acids is 3. The van der Waals surface area contributed by atoms with Crippen LogP contribution in [0.4, 0.5) is 0 Å². The molecule has 0 amide bonds. The van der Waals surface area contributed by atoms with Crippen molar-refractivity contribution in [3.05, 3.63) is 97.2 Å². The van der Waals surface area contributed by atoms with Crippen LogP contribution in [0.25, 0.3) is 0 Å². The second-order valence-electron chi connectivity index (χ2n) is 19.9. The first-order valence-electron chi connectivity index (χ1n) is 30.2. The molecule has 0 radical (unpaired) electrons. The third-order valence-electron chi connectivity index (χ3n) is 12.8. The molecule has 0 spiro atoms. The molecule has 0 saturated carbocycles. The number of carbonyl (C=O) groups is 3. The van der Waals surface area contributed by atoms with Crippen molar-refractivity contribution in [3.8, 4) is 0 Å². The van der Waals surface area contributed by atoms with Gasteiger partial charge in [-0.3, -0.25) is 14.4 Å². The number of allylic oxidation sites excluding steroid dienone is 16. The predicted molar refractivity (Wildman–Crippen MR) is 311 cm³/mol. The summed E-state index contributed by atoms with van der Waals surface area (Å²) in [6.07, 6.45) is 79.7. The molecule has 0 saturated heterocycles. The molecule has 0 fully saturated rings. The van der Waals surface area contributed by atoms with Crippen molar-refractivity contribution in [2.24, 2.45) is 0 Å². The van der Waals surface area contributed by atoms with Crippen molar-refractivity contribution in [1.82, 2.24) is 0 Å². The summed E-state index contributed by atoms with van der Waals surface area (Å²) < 4.78 is 16.9. The molecule has 0 aromatic heterocycles. The lowest BCUT2D eigenvalue weighted by Crippen LogP contribution is -2.30. The van der Waals surface area contributed by atoms with E-state index in [0.29, 0.717) is 19.3 Å². The van der Waals surface area contributed by atoms with Gasteiger partial charge in [0.1, 0.15) is 13.2 Å². The second kappa shape index (κ2) is 59.9. The molecular weight excluding hydrogens is 889 g/mol. The first-order valence-corrected chi connectivity index (χ1v) is 30.2.